The molecule has 0 spiro atoms. The molecule has 0 saturated heterocycles. The number of nitrogens with zero attached hydrogens (tertiary/aromatic N) is 2. The van der Waals surface area contributed by atoms with E-state index < -0.39 is 39.2 Å². The molecule has 194 valence electrons. The van der Waals surface area contributed by atoms with E-state index in [4.69, 9.17) is 11.6 Å². The number of nitrogens with one attached hydrogen (secondary N) is 1. The summed E-state index contributed by atoms with van der Waals surface area (Å²) in [4.78, 5) is 24.7. The molecule has 7 nitrogen and oxygen atoms in total. The number of hydrogen-bond donors (Lipinski definition) is 1. The van der Waals surface area contributed by atoms with Gasteiger partial charge in [0.2, 0.25) is 5.91 Å². The maximum Gasteiger partial charge on any atom is 0.417 e. The average molecular weight is 570 g/mol. The summed E-state index contributed by atoms with van der Waals surface area (Å²) in [6.45, 7) is 1.48. The van der Waals surface area contributed by atoms with Gasteiger partial charge in [-0.25, -0.2) is 8.42 Å². The minimum absolute atomic E-state index is 0.163. The third-order valence-electron chi connectivity index (χ3n) is 5.43. The van der Waals surface area contributed by atoms with Crippen LogP contribution in [0.1, 0.15) is 12.5 Å². The molecular formula is C24H19ClF3N3O4S2. The Morgan fingerprint density at radius 3 is 2.43 bits per heavy atom. The van der Waals surface area contributed by atoms with Crippen LogP contribution < -0.4 is 14.5 Å². The summed E-state index contributed by atoms with van der Waals surface area (Å²) in [6, 6.07) is 14.4. The van der Waals surface area contributed by atoms with Crippen molar-refractivity contribution in [1.29, 1.82) is 0 Å². The maximum absolute atomic E-state index is 13.5. The second kappa shape index (κ2) is 10.2. The van der Waals surface area contributed by atoms with Crippen molar-refractivity contribution in [3.63, 3.8) is 0 Å². The summed E-state index contributed by atoms with van der Waals surface area (Å²) in [5, 5.41) is 1.96. The zero-order chi connectivity index (χ0) is 27.0. The number of aromatic nitrogens is 1. The van der Waals surface area contributed by atoms with Crippen LogP contribution in [-0.2, 0) is 27.5 Å². The number of benzene rings is 3. The maximum atomic E-state index is 13.5. The number of carbonyl (C=O) groups is 1. The van der Waals surface area contributed by atoms with Crippen LogP contribution in [0, 0.1) is 0 Å². The van der Waals surface area contributed by atoms with Gasteiger partial charge in [0.15, 0.2) is 0 Å². The lowest BCUT2D eigenvalue weighted by Gasteiger charge is -2.25. The summed E-state index contributed by atoms with van der Waals surface area (Å²) < 4.78 is 70.1. The minimum Gasteiger partial charge on any atom is -0.324 e. The highest BCUT2D eigenvalue weighted by Gasteiger charge is 2.35. The van der Waals surface area contributed by atoms with Crippen molar-refractivity contribution in [3.8, 4) is 0 Å². The predicted octanol–water partition coefficient (Wildman–Crippen LogP) is 5.59. The third-order valence-corrected chi connectivity index (χ3v) is 8.49. The van der Waals surface area contributed by atoms with Gasteiger partial charge in [-0.1, -0.05) is 41.1 Å². The van der Waals surface area contributed by atoms with Gasteiger partial charge in [0.25, 0.3) is 10.0 Å². The number of anilines is 2. The average Bonchev–Trinajstić information content (AvgIpc) is 3.16. The first-order valence-corrected chi connectivity index (χ1v) is 13.4. The number of thiazole rings is 1. The van der Waals surface area contributed by atoms with E-state index in [0.717, 1.165) is 23.5 Å². The minimum atomic E-state index is -4.84. The molecule has 13 heteroatoms. The Kier molecular flexibility index (Phi) is 7.36. The monoisotopic (exact) mass is 569 g/mol. The van der Waals surface area contributed by atoms with Gasteiger partial charge in [-0.2, -0.15) is 13.2 Å². The van der Waals surface area contributed by atoms with Gasteiger partial charge in [-0.3, -0.25) is 18.5 Å². The lowest BCUT2D eigenvalue weighted by atomic mass is 10.2. The molecule has 0 saturated carbocycles. The standard InChI is InChI=1S/C24H19ClF3N3O4S2/c1-2-30-20-11-8-15(12-21(20)36-23(30)33)29-22(32)14-31(37(34,35)17-6-4-3-5-7-17)16-9-10-19(25)18(13-16)24(26,27)28/h3-13H,2,14H2,1H3,(H,29,32). The van der Waals surface area contributed by atoms with Crippen molar-refractivity contribution < 1.29 is 26.4 Å². The van der Waals surface area contributed by atoms with E-state index in [1.807, 2.05) is 6.92 Å². The van der Waals surface area contributed by atoms with E-state index in [1.54, 1.807) is 28.8 Å². The summed E-state index contributed by atoms with van der Waals surface area (Å²) in [5.41, 5.74) is -0.638. The molecule has 4 aromatic rings. The molecule has 0 fully saturated rings. The number of amides is 1. The van der Waals surface area contributed by atoms with Gasteiger partial charge in [0.05, 0.1) is 31.4 Å². The fraction of sp³-hybridized carbons (Fsp3) is 0.167. The highest BCUT2D eigenvalue weighted by molar-refractivity contribution is 7.92. The van der Waals surface area contributed by atoms with E-state index in [0.29, 0.717) is 32.8 Å². The molecule has 0 radical (unpaired) electrons. The number of rotatable bonds is 7. The smallest absolute Gasteiger partial charge is 0.324 e. The SMILES string of the molecule is CCn1c(=O)sc2cc(NC(=O)CN(c3ccc(Cl)c(C(F)(F)F)c3)S(=O)(=O)c3ccccc3)ccc21. The fourth-order valence-electron chi connectivity index (χ4n) is 3.69. The second-order valence-corrected chi connectivity index (χ2v) is 11.1. The Labute approximate surface area is 218 Å². The molecule has 0 aliphatic carbocycles. The highest BCUT2D eigenvalue weighted by atomic mass is 35.5. The van der Waals surface area contributed by atoms with Crippen LogP contribution in [0.15, 0.2) is 76.4 Å². The van der Waals surface area contributed by atoms with Crippen LogP contribution in [0.5, 0.6) is 0 Å². The Morgan fingerprint density at radius 1 is 1.08 bits per heavy atom. The van der Waals surface area contributed by atoms with E-state index in [2.05, 4.69) is 5.32 Å². The topological polar surface area (TPSA) is 88.5 Å². The van der Waals surface area contributed by atoms with Crippen molar-refractivity contribution in [2.45, 2.75) is 24.5 Å². The van der Waals surface area contributed by atoms with Crippen LogP contribution in [0.4, 0.5) is 24.5 Å². The van der Waals surface area contributed by atoms with Crippen LogP contribution in [0.2, 0.25) is 5.02 Å². The van der Waals surface area contributed by atoms with E-state index in [1.165, 1.54) is 24.3 Å². The fourth-order valence-corrected chi connectivity index (χ4v) is 6.35. The molecule has 0 aliphatic rings. The number of carbonyl (C=O) groups excluding carboxylic acids is 1. The van der Waals surface area contributed by atoms with E-state index >= 15 is 0 Å². The van der Waals surface area contributed by atoms with Crippen LogP contribution in [0.3, 0.4) is 0 Å². The van der Waals surface area contributed by atoms with Crippen LogP contribution in [0.25, 0.3) is 10.2 Å². The molecule has 1 aromatic heterocycles. The van der Waals surface area contributed by atoms with Gasteiger partial charge >= 0.3 is 11.0 Å². The summed E-state index contributed by atoms with van der Waals surface area (Å²) in [5.74, 6) is -0.801. The number of alkyl halides is 3. The van der Waals surface area contributed by atoms with Crippen molar-refractivity contribution >= 4 is 60.5 Å². The van der Waals surface area contributed by atoms with Crippen molar-refractivity contribution in [2.24, 2.45) is 0 Å². The highest BCUT2D eigenvalue weighted by Crippen LogP contribution is 2.38. The molecule has 0 aliphatic heterocycles. The quantitative estimate of drug-likeness (QED) is 0.314. The van der Waals surface area contributed by atoms with Gasteiger partial charge < -0.3 is 5.32 Å². The number of fused-ring (bicyclic) bond motifs is 1. The Hall–Kier alpha value is -3.35. The second-order valence-electron chi connectivity index (χ2n) is 7.83. The Balaban J connectivity index is 1.71. The Morgan fingerprint density at radius 2 is 1.78 bits per heavy atom. The number of hydrogen-bond acceptors (Lipinski definition) is 5. The van der Waals surface area contributed by atoms with Gasteiger partial charge in [0, 0.05) is 12.2 Å². The Bertz CT molecular complexity index is 1630. The number of sulfonamides is 1. The van der Waals surface area contributed by atoms with Crippen molar-refractivity contribution in [1.82, 2.24) is 4.57 Å². The zero-order valence-electron chi connectivity index (χ0n) is 19.1. The van der Waals surface area contributed by atoms with Gasteiger partial charge in [0.1, 0.15) is 6.54 Å². The number of halogens is 4. The van der Waals surface area contributed by atoms with Gasteiger partial charge in [-0.05, 0) is 55.5 Å². The lowest BCUT2D eigenvalue weighted by molar-refractivity contribution is -0.137. The van der Waals surface area contributed by atoms with Gasteiger partial charge in [-0.15, -0.1) is 0 Å². The molecule has 3 aromatic carbocycles. The summed E-state index contributed by atoms with van der Waals surface area (Å²) >= 11 is 6.70. The molecule has 37 heavy (non-hydrogen) atoms. The summed E-state index contributed by atoms with van der Waals surface area (Å²) in [7, 11) is -4.44. The number of aryl methyl sites for hydroxylation is 1. The molecule has 1 amide bonds. The normalized spacial score (nSPS) is 12.0. The molecular weight excluding hydrogens is 551 g/mol. The third kappa shape index (κ3) is 5.50. The molecule has 0 bridgehead atoms. The first kappa shape index (κ1) is 26.7. The molecule has 4 rings (SSSR count). The zero-order valence-corrected chi connectivity index (χ0v) is 21.5. The van der Waals surface area contributed by atoms with Crippen molar-refractivity contribution in [2.75, 3.05) is 16.2 Å². The molecule has 1 N–H and O–H groups in total. The molecule has 1 heterocycles. The summed E-state index contributed by atoms with van der Waals surface area (Å²) in [6.07, 6.45) is -4.84. The van der Waals surface area contributed by atoms with E-state index in [9.17, 15) is 31.2 Å². The van der Waals surface area contributed by atoms with Crippen LogP contribution in [-0.4, -0.2) is 25.4 Å². The predicted molar refractivity (Wildman–Crippen MR) is 138 cm³/mol. The molecule has 0 atom stereocenters. The molecule has 0 unspecified atom stereocenters. The largest absolute Gasteiger partial charge is 0.417 e. The first-order chi connectivity index (χ1) is 17.4. The lowest BCUT2D eigenvalue weighted by Crippen LogP contribution is -2.38. The van der Waals surface area contributed by atoms with Crippen LogP contribution >= 0.6 is 22.9 Å². The first-order valence-electron chi connectivity index (χ1n) is 10.8. The van der Waals surface area contributed by atoms with Crippen molar-refractivity contribution in [3.05, 3.63) is 87.0 Å². The van der Waals surface area contributed by atoms with E-state index in [-0.39, 0.29) is 15.5 Å².